The molecular formula is C32H35N5O5S. The molecule has 43 heavy (non-hydrogen) atoms. The number of piperazine rings is 1. The summed E-state index contributed by atoms with van der Waals surface area (Å²) < 4.78 is 46.1. The van der Waals surface area contributed by atoms with Gasteiger partial charge in [-0.3, -0.25) is 4.98 Å². The molecule has 4 aromatic rings. The minimum Gasteiger partial charge on any atom is -0.493 e. The largest absolute Gasteiger partial charge is 0.493 e. The molecule has 1 unspecified atom stereocenters. The Balaban J connectivity index is 1.24. The van der Waals surface area contributed by atoms with E-state index in [0.29, 0.717) is 50.8 Å². The second kappa shape index (κ2) is 13.0. The first-order valence-electron chi connectivity index (χ1n) is 14.4. The van der Waals surface area contributed by atoms with Gasteiger partial charge in [-0.15, -0.1) is 0 Å². The third-order valence-corrected chi connectivity index (χ3v) is 9.58. The number of hydrogen-bond acceptors (Lipinski definition) is 9. The van der Waals surface area contributed by atoms with E-state index in [1.54, 1.807) is 35.9 Å². The van der Waals surface area contributed by atoms with Crippen LogP contribution in [0.5, 0.6) is 11.5 Å². The van der Waals surface area contributed by atoms with Crippen molar-refractivity contribution in [3.05, 3.63) is 97.0 Å². The van der Waals surface area contributed by atoms with Crippen LogP contribution < -0.4 is 19.3 Å². The van der Waals surface area contributed by atoms with Crippen LogP contribution >= 0.6 is 0 Å². The van der Waals surface area contributed by atoms with E-state index in [0.717, 1.165) is 35.6 Å². The standard InChI is InChI=1S/C32H35N5O5S/c1-40-29-14-11-27(22-30(29)42-32-8-5-21-41-32)37(24-25-6-4-15-33-23-25)26-9-12-28(13-10-26)43(38,39)36-19-17-35(18-20-36)31-7-2-3-16-34-31/h2-4,6-7,9-16,22-23,32H,5,8,17-21,24H2,1H3. The van der Waals surface area contributed by atoms with Crippen LogP contribution in [0, 0.1) is 0 Å². The van der Waals surface area contributed by atoms with E-state index in [2.05, 4.69) is 19.8 Å². The Morgan fingerprint density at radius 2 is 1.74 bits per heavy atom. The average Bonchev–Trinajstić information content (AvgIpc) is 3.58. The predicted molar refractivity (Wildman–Crippen MR) is 164 cm³/mol. The summed E-state index contributed by atoms with van der Waals surface area (Å²) in [6.07, 6.45) is 6.78. The van der Waals surface area contributed by atoms with Crippen molar-refractivity contribution in [1.29, 1.82) is 0 Å². The Kier molecular flexibility index (Phi) is 8.73. The molecule has 2 aliphatic heterocycles. The van der Waals surface area contributed by atoms with Gasteiger partial charge in [0.2, 0.25) is 10.0 Å². The van der Waals surface area contributed by atoms with Gasteiger partial charge in [0.15, 0.2) is 17.8 Å². The number of anilines is 3. The summed E-state index contributed by atoms with van der Waals surface area (Å²) in [7, 11) is -2.04. The molecule has 10 nitrogen and oxygen atoms in total. The lowest BCUT2D eigenvalue weighted by molar-refractivity contribution is -0.0402. The fraction of sp³-hybridized carbons (Fsp3) is 0.312. The van der Waals surface area contributed by atoms with Crippen LogP contribution in [-0.4, -0.2) is 68.9 Å². The molecule has 2 aromatic heterocycles. The fourth-order valence-corrected chi connectivity index (χ4v) is 6.78. The summed E-state index contributed by atoms with van der Waals surface area (Å²) in [5.74, 6) is 2.07. The molecule has 11 heteroatoms. The lowest BCUT2D eigenvalue weighted by Gasteiger charge is -2.34. The maximum absolute atomic E-state index is 13.6. The van der Waals surface area contributed by atoms with E-state index in [9.17, 15) is 8.42 Å². The molecule has 0 spiro atoms. The molecule has 0 aliphatic carbocycles. The number of ether oxygens (including phenoxy) is 3. The first-order valence-corrected chi connectivity index (χ1v) is 15.8. The number of nitrogens with zero attached hydrogens (tertiary/aromatic N) is 5. The number of methoxy groups -OCH3 is 1. The number of hydrogen-bond donors (Lipinski definition) is 0. The van der Waals surface area contributed by atoms with Crippen molar-refractivity contribution in [3.63, 3.8) is 0 Å². The number of sulfonamides is 1. The Bertz CT molecular complexity index is 1590. The van der Waals surface area contributed by atoms with E-state index in [-0.39, 0.29) is 11.2 Å². The van der Waals surface area contributed by atoms with E-state index in [4.69, 9.17) is 14.2 Å². The van der Waals surface area contributed by atoms with Crippen LogP contribution in [-0.2, 0) is 21.3 Å². The van der Waals surface area contributed by atoms with Gasteiger partial charge < -0.3 is 24.0 Å². The SMILES string of the molecule is COc1ccc(N(Cc2cccnc2)c2ccc(S(=O)(=O)N3CCN(c4ccccn4)CC3)cc2)cc1OC1CCCO1. The Morgan fingerprint density at radius 1 is 0.930 bits per heavy atom. The molecule has 0 N–H and O–H groups in total. The summed E-state index contributed by atoms with van der Waals surface area (Å²) in [6, 6.07) is 22.5. The zero-order valence-electron chi connectivity index (χ0n) is 24.1. The smallest absolute Gasteiger partial charge is 0.243 e. The van der Waals surface area contributed by atoms with Gasteiger partial charge in [-0.05, 0) is 66.6 Å². The molecule has 2 aliphatic rings. The minimum atomic E-state index is -3.66. The lowest BCUT2D eigenvalue weighted by atomic mass is 10.2. The third kappa shape index (κ3) is 6.58. The topological polar surface area (TPSA) is 97.3 Å². The molecule has 2 saturated heterocycles. The van der Waals surface area contributed by atoms with E-state index in [1.165, 1.54) is 0 Å². The molecule has 0 radical (unpaired) electrons. The highest BCUT2D eigenvalue weighted by Crippen LogP contribution is 2.37. The van der Waals surface area contributed by atoms with Crippen LogP contribution in [0.4, 0.5) is 17.2 Å². The van der Waals surface area contributed by atoms with Crippen LogP contribution in [0.15, 0.2) is 96.3 Å². The van der Waals surface area contributed by atoms with Gasteiger partial charge in [0.1, 0.15) is 5.82 Å². The van der Waals surface area contributed by atoms with Gasteiger partial charge in [-0.1, -0.05) is 12.1 Å². The molecule has 2 fully saturated rings. The Hall–Kier alpha value is -4.19. The summed E-state index contributed by atoms with van der Waals surface area (Å²) >= 11 is 0. The zero-order chi connectivity index (χ0) is 29.6. The van der Waals surface area contributed by atoms with Crippen molar-refractivity contribution in [1.82, 2.24) is 14.3 Å². The summed E-state index contributed by atoms with van der Waals surface area (Å²) in [6.45, 7) is 3.15. The van der Waals surface area contributed by atoms with Crippen molar-refractivity contribution < 1.29 is 22.6 Å². The van der Waals surface area contributed by atoms with Gasteiger partial charge in [0.25, 0.3) is 0 Å². The van der Waals surface area contributed by atoms with Crippen LogP contribution in [0.2, 0.25) is 0 Å². The van der Waals surface area contributed by atoms with Crippen molar-refractivity contribution in [2.45, 2.75) is 30.6 Å². The van der Waals surface area contributed by atoms with Gasteiger partial charge in [-0.25, -0.2) is 13.4 Å². The molecule has 0 saturated carbocycles. The van der Waals surface area contributed by atoms with Crippen molar-refractivity contribution in [3.8, 4) is 11.5 Å². The van der Waals surface area contributed by atoms with E-state index in [1.807, 2.05) is 66.9 Å². The monoisotopic (exact) mass is 601 g/mol. The van der Waals surface area contributed by atoms with Crippen molar-refractivity contribution in [2.24, 2.45) is 0 Å². The average molecular weight is 602 g/mol. The van der Waals surface area contributed by atoms with Crippen LogP contribution in [0.1, 0.15) is 18.4 Å². The second-order valence-corrected chi connectivity index (χ2v) is 12.4. The molecule has 2 aromatic carbocycles. The third-order valence-electron chi connectivity index (χ3n) is 7.67. The highest BCUT2D eigenvalue weighted by atomic mass is 32.2. The molecule has 1 atom stereocenters. The molecule has 4 heterocycles. The molecule has 6 rings (SSSR count). The fourth-order valence-electron chi connectivity index (χ4n) is 5.36. The second-order valence-electron chi connectivity index (χ2n) is 10.4. The van der Waals surface area contributed by atoms with Gasteiger partial charge in [0.05, 0.1) is 18.6 Å². The first kappa shape index (κ1) is 28.9. The molecule has 0 amide bonds. The lowest BCUT2D eigenvalue weighted by Crippen LogP contribution is -2.48. The minimum absolute atomic E-state index is 0.265. The van der Waals surface area contributed by atoms with Crippen molar-refractivity contribution in [2.75, 3.05) is 49.7 Å². The quantitative estimate of drug-likeness (QED) is 0.253. The Labute approximate surface area is 252 Å². The maximum atomic E-state index is 13.6. The summed E-state index contributed by atoms with van der Waals surface area (Å²) in [4.78, 5) is 13.1. The Morgan fingerprint density at radius 3 is 2.42 bits per heavy atom. The number of aromatic nitrogens is 2. The van der Waals surface area contributed by atoms with Crippen LogP contribution in [0.25, 0.3) is 0 Å². The zero-order valence-corrected chi connectivity index (χ0v) is 24.9. The van der Waals surface area contributed by atoms with Gasteiger partial charge >= 0.3 is 0 Å². The highest BCUT2D eigenvalue weighted by Gasteiger charge is 2.29. The number of benzene rings is 2. The number of pyridine rings is 2. The highest BCUT2D eigenvalue weighted by molar-refractivity contribution is 7.89. The molecule has 224 valence electrons. The summed E-state index contributed by atoms with van der Waals surface area (Å²) in [5, 5.41) is 0. The van der Waals surface area contributed by atoms with Gasteiger partial charge in [0, 0.05) is 75.2 Å². The van der Waals surface area contributed by atoms with Gasteiger partial charge in [-0.2, -0.15) is 4.31 Å². The maximum Gasteiger partial charge on any atom is 0.243 e. The molecular weight excluding hydrogens is 566 g/mol. The molecule has 0 bridgehead atoms. The van der Waals surface area contributed by atoms with E-state index >= 15 is 0 Å². The van der Waals surface area contributed by atoms with Crippen LogP contribution in [0.3, 0.4) is 0 Å². The predicted octanol–water partition coefficient (Wildman–Crippen LogP) is 4.85. The normalized spacial score (nSPS) is 17.5. The van der Waals surface area contributed by atoms with Crippen molar-refractivity contribution >= 4 is 27.2 Å². The summed E-state index contributed by atoms with van der Waals surface area (Å²) in [5.41, 5.74) is 2.69. The number of rotatable bonds is 10. The van der Waals surface area contributed by atoms with E-state index < -0.39 is 10.0 Å². The first-order chi connectivity index (χ1) is 21.0.